The number of furan rings is 1. The second-order valence-electron chi connectivity index (χ2n) is 3.83. The molecule has 0 bridgehead atoms. The van der Waals surface area contributed by atoms with Gasteiger partial charge in [0.1, 0.15) is 6.26 Å². The molecular weight excluding hydrogens is 240 g/mol. The molecule has 0 aliphatic heterocycles. The first-order valence-electron chi connectivity index (χ1n) is 5.33. The van der Waals surface area contributed by atoms with E-state index in [9.17, 15) is 0 Å². The molecule has 6 heteroatoms. The monoisotopic (exact) mass is 254 g/mol. The van der Waals surface area contributed by atoms with Gasteiger partial charge in [-0.1, -0.05) is 12.1 Å². The minimum absolute atomic E-state index is 0.208. The van der Waals surface area contributed by atoms with Gasteiger partial charge in [-0.25, -0.2) is 0 Å². The second kappa shape index (κ2) is 5.88. The van der Waals surface area contributed by atoms with Gasteiger partial charge < -0.3 is 14.0 Å². The fraction of sp³-hybridized carbons (Fsp3) is 0.455. The zero-order valence-electron chi connectivity index (χ0n) is 9.50. The molecule has 1 unspecified atom stereocenters. The third-order valence-corrected chi connectivity index (χ3v) is 3.45. The van der Waals surface area contributed by atoms with E-state index in [0.29, 0.717) is 23.4 Å². The average molecular weight is 254 g/mol. The Balaban J connectivity index is 1.87. The van der Waals surface area contributed by atoms with Gasteiger partial charge in [0.25, 0.3) is 5.89 Å². The van der Waals surface area contributed by atoms with Crippen LogP contribution < -0.4 is 0 Å². The molecule has 92 valence electrons. The van der Waals surface area contributed by atoms with Crippen molar-refractivity contribution in [1.82, 2.24) is 10.1 Å². The zero-order valence-corrected chi connectivity index (χ0v) is 10.3. The second-order valence-corrected chi connectivity index (χ2v) is 4.86. The smallest absolute Gasteiger partial charge is 0.261 e. The summed E-state index contributed by atoms with van der Waals surface area (Å²) in [6.07, 6.45) is 3.13. The first-order valence-corrected chi connectivity index (χ1v) is 6.49. The zero-order chi connectivity index (χ0) is 12.1. The van der Waals surface area contributed by atoms with Crippen LogP contribution in [0.3, 0.4) is 0 Å². The summed E-state index contributed by atoms with van der Waals surface area (Å²) in [5.74, 6) is 3.00. The predicted molar refractivity (Wildman–Crippen MR) is 64.4 cm³/mol. The molecule has 0 saturated heterocycles. The number of aromatic nitrogens is 2. The van der Waals surface area contributed by atoms with Crippen molar-refractivity contribution >= 4 is 11.8 Å². The van der Waals surface area contributed by atoms with Crippen LogP contribution in [0.15, 0.2) is 27.5 Å². The summed E-state index contributed by atoms with van der Waals surface area (Å²) in [5.41, 5.74) is 0.789. The molecule has 2 aromatic rings. The van der Waals surface area contributed by atoms with Gasteiger partial charge >= 0.3 is 0 Å². The molecule has 5 nitrogen and oxygen atoms in total. The third-order valence-electron chi connectivity index (χ3n) is 2.18. The minimum Gasteiger partial charge on any atom is -0.472 e. The molecule has 0 amide bonds. The number of rotatable bonds is 6. The fourth-order valence-electron chi connectivity index (χ4n) is 1.22. The number of aliphatic hydroxyl groups excluding tert-OH is 1. The maximum atomic E-state index is 8.89. The number of hydrogen-bond donors (Lipinski definition) is 1. The highest BCUT2D eigenvalue weighted by Crippen LogP contribution is 2.19. The van der Waals surface area contributed by atoms with E-state index < -0.39 is 0 Å². The molecule has 0 saturated carbocycles. The van der Waals surface area contributed by atoms with Crippen LogP contribution >= 0.6 is 11.8 Å². The molecule has 2 rings (SSSR count). The summed E-state index contributed by atoms with van der Waals surface area (Å²) in [6, 6.07) is 1.78. The van der Waals surface area contributed by atoms with Crippen molar-refractivity contribution in [1.29, 1.82) is 0 Å². The Bertz CT molecular complexity index is 441. The molecule has 2 aromatic heterocycles. The lowest BCUT2D eigenvalue weighted by atomic mass is 10.2. The predicted octanol–water partition coefficient (Wildman–Crippen LogP) is 2.19. The quantitative estimate of drug-likeness (QED) is 0.852. The Morgan fingerprint density at radius 1 is 1.53 bits per heavy atom. The third kappa shape index (κ3) is 3.34. The number of thioether (sulfide) groups is 1. The molecule has 2 heterocycles. The summed E-state index contributed by atoms with van der Waals surface area (Å²) in [4.78, 5) is 4.25. The SMILES string of the molecule is CC(CO)CSCc1noc(-c2ccoc2)n1. The maximum Gasteiger partial charge on any atom is 0.261 e. The number of aliphatic hydroxyl groups is 1. The molecule has 0 spiro atoms. The van der Waals surface area contributed by atoms with Gasteiger partial charge in [0, 0.05) is 6.61 Å². The van der Waals surface area contributed by atoms with Crippen molar-refractivity contribution in [3.05, 3.63) is 24.4 Å². The summed E-state index contributed by atoms with van der Waals surface area (Å²) >= 11 is 1.68. The van der Waals surface area contributed by atoms with E-state index in [4.69, 9.17) is 14.0 Å². The van der Waals surface area contributed by atoms with Crippen LogP contribution in [0.25, 0.3) is 11.5 Å². The normalized spacial score (nSPS) is 12.8. The maximum absolute atomic E-state index is 8.89. The highest BCUT2D eigenvalue weighted by molar-refractivity contribution is 7.98. The Kier molecular flexibility index (Phi) is 4.22. The van der Waals surface area contributed by atoms with Crippen LogP contribution in [-0.2, 0) is 5.75 Å². The average Bonchev–Trinajstić information content (AvgIpc) is 2.98. The van der Waals surface area contributed by atoms with Gasteiger partial charge in [0.2, 0.25) is 0 Å². The highest BCUT2D eigenvalue weighted by atomic mass is 32.2. The van der Waals surface area contributed by atoms with E-state index in [-0.39, 0.29) is 6.61 Å². The lowest BCUT2D eigenvalue weighted by Crippen LogP contribution is -2.03. The lowest BCUT2D eigenvalue weighted by molar-refractivity contribution is 0.250. The van der Waals surface area contributed by atoms with E-state index in [2.05, 4.69) is 10.1 Å². The molecule has 0 aliphatic carbocycles. The van der Waals surface area contributed by atoms with Crippen LogP contribution in [0.4, 0.5) is 0 Å². The van der Waals surface area contributed by atoms with E-state index in [1.54, 1.807) is 30.4 Å². The van der Waals surface area contributed by atoms with Gasteiger partial charge in [-0.2, -0.15) is 16.7 Å². The van der Waals surface area contributed by atoms with Crippen molar-refractivity contribution in [2.75, 3.05) is 12.4 Å². The Hall–Kier alpha value is -1.27. The molecular formula is C11H14N2O3S. The Labute approximate surface area is 103 Å². The molecule has 17 heavy (non-hydrogen) atoms. The van der Waals surface area contributed by atoms with Crippen molar-refractivity contribution < 1.29 is 14.0 Å². The standard InChI is InChI=1S/C11H14N2O3S/c1-8(4-14)6-17-7-10-12-11(16-13-10)9-2-3-15-5-9/h2-3,5,8,14H,4,6-7H2,1H3. The first-order chi connectivity index (χ1) is 8.29. The molecule has 1 N–H and O–H groups in total. The van der Waals surface area contributed by atoms with E-state index in [0.717, 1.165) is 11.3 Å². The molecule has 1 atom stereocenters. The van der Waals surface area contributed by atoms with Crippen molar-refractivity contribution in [3.8, 4) is 11.5 Å². The van der Waals surface area contributed by atoms with Crippen LogP contribution in [0, 0.1) is 5.92 Å². The van der Waals surface area contributed by atoms with Crippen molar-refractivity contribution in [3.63, 3.8) is 0 Å². The van der Waals surface area contributed by atoms with Crippen LogP contribution in [0.1, 0.15) is 12.7 Å². The van der Waals surface area contributed by atoms with Crippen LogP contribution in [-0.4, -0.2) is 27.6 Å². The minimum atomic E-state index is 0.208. The first kappa shape index (κ1) is 12.2. The Morgan fingerprint density at radius 3 is 3.12 bits per heavy atom. The van der Waals surface area contributed by atoms with E-state index in [1.165, 1.54) is 0 Å². The van der Waals surface area contributed by atoms with Crippen molar-refractivity contribution in [2.45, 2.75) is 12.7 Å². The Morgan fingerprint density at radius 2 is 2.41 bits per heavy atom. The molecule has 0 aliphatic rings. The number of hydrogen-bond acceptors (Lipinski definition) is 6. The van der Waals surface area contributed by atoms with E-state index in [1.807, 2.05) is 6.92 Å². The van der Waals surface area contributed by atoms with E-state index >= 15 is 0 Å². The lowest BCUT2D eigenvalue weighted by Gasteiger charge is -2.04. The molecule has 0 aromatic carbocycles. The highest BCUT2D eigenvalue weighted by Gasteiger charge is 2.10. The van der Waals surface area contributed by atoms with Gasteiger partial charge in [-0.3, -0.25) is 0 Å². The van der Waals surface area contributed by atoms with Gasteiger partial charge in [0.05, 0.1) is 17.6 Å². The fourth-order valence-corrected chi connectivity index (χ4v) is 2.15. The topological polar surface area (TPSA) is 72.3 Å². The summed E-state index contributed by atoms with van der Waals surface area (Å²) < 4.78 is 10.1. The van der Waals surface area contributed by atoms with Crippen LogP contribution in [0.5, 0.6) is 0 Å². The van der Waals surface area contributed by atoms with Gasteiger partial charge in [-0.05, 0) is 17.7 Å². The van der Waals surface area contributed by atoms with Gasteiger partial charge in [-0.15, -0.1) is 0 Å². The summed E-state index contributed by atoms with van der Waals surface area (Å²) in [6.45, 7) is 2.21. The van der Waals surface area contributed by atoms with Crippen LogP contribution in [0.2, 0.25) is 0 Å². The summed E-state index contributed by atoms with van der Waals surface area (Å²) in [5, 5.41) is 12.8. The summed E-state index contributed by atoms with van der Waals surface area (Å²) in [7, 11) is 0. The van der Waals surface area contributed by atoms with Gasteiger partial charge in [0.15, 0.2) is 5.82 Å². The van der Waals surface area contributed by atoms with Crippen molar-refractivity contribution in [2.24, 2.45) is 5.92 Å². The molecule has 0 fully saturated rings. The molecule has 0 radical (unpaired) electrons. The number of nitrogens with zero attached hydrogens (tertiary/aromatic N) is 2. The largest absolute Gasteiger partial charge is 0.472 e.